The second-order valence-electron chi connectivity index (χ2n) is 4.63. The third kappa shape index (κ3) is 2.74. The SMILES string of the molecule is Nc1ccc(F)c(F)c1N1CCCC(C(F)(F)F)C1. The lowest BCUT2D eigenvalue weighted by Crippen LogP contribution is -2.42. The van der Waals surface area contributed by atoms with Crippen LogP contribution in [0.5, 0.6) is 0 Å². The Morgan fingerprint density at radius 2 is 1.89 bits per heavy atom. The summed E-state index contributed by atoms with van der Waals surface area (Å²) in [6.07, 6.45) is -4.08. The largest absolute Gasteiger partial charge is 0.397 e. The molecule has 0 radical (unpaired) electrons. The molecule has 1 aromatic carbocycles. The molecule has 1 aliphatic heterocycles. The summed E-state index contributed by atoms with van der Waals surface area (Å²) >= 11 is 0. The smallest absolute Gasteiger partial charge is 0.393 e. The maximum Gasteiger partial charge on any atom is 0.393 e. The molecule has 19 heavy (non-hydrogen) atoms. The first-order valence-electron chi connectivity index (χ1n) is 5.86. The van der Waals surface area contributed by atoms with Crippen LogP contribution < -0.4 is 10.6 Å². The average Bonchev–Trinajstić information content (AvgIpc) is 2.34. The molecule has 1 aromatic rings. The lowest BCUT2D eigenvalue weighted by molar-refractivity contribution is -0.176. The van der Waals surface area contributed by atoms with Gasteiger partial charge in [-0.2, -0.15) is 13.2 Å². The molecular weight excluding hydrogens is 267 g/mol. The fourth-order valence-corrected chi connectivity index (χ4v) is 2.32. The number of hydrogen-bond donors (Lipinski definition) is 1. The van der Waals surface area contributed by atoms with E-state index in [2.05, 4.69) is 0 Å². The number of piperidine rings is 1. The van der Waals surface area contributed by atoms with Gasteiger partial charge in [0.2, 0.25) is 0 Å². The third-order valence-corrected chi connectivity index (χ3v) is 3.30. The van der Waals surface area contributed by atoms with E-state index in [1.807, 2.05) is 0 Å². The number of nitrogens with two attached hydrogens (primary N) is 1. The minimum Gasteiger partial charge on any atom is -0.397 e. The molecule has 2 nitrogen and oxygen atoms in total. The highest BCUT2D eigenvalue weighted by Gasteiger charge is 2.42. The Balaban J connectivity index is 2.30. The number of hydrogen-bond acceptors (Lipinski definition) is 2. The van der Waals surface area contributed by atoms with Crippen LogP contribution in [0.2, 0.25) is 0 Å². The van der Waals surface area contributed by atoms with E-state index in [0.717, 1.165) is 12.1 Å². The Morgan fingerprint density at radius 1 is 1.21 bits per heavy atom. The molecule has 0 aromatic heterocycles. The summed E-state index contributed by atoms with van der Waals surface area (Å²) in [5, 5.41) is 0. The van der Waals surface area contributed by atoms with Crippen molar-refractivity contribution in [1.29, 1.82) is 0 Å². The third-order valence-electron chi connectivity index (χ3n) is 3.30. The predicted molar refractivity (Wildman–Crippen MR) is 61.8 cm³/mol. The van der Waals surface area contributed by atoms with Crippen LogP contribution in [-0.4, -0.2) is 19.3 Å². The quantitative estimate of drug-likeness (QED) is 0.631. The molecule has 0 saturated carbocycles. The molecule has 7 heteroatoms. The topological polar surface area (TPSA) is 29.3 Å². The van der Waals surface area contributed by atoms with Gasteiger partial charge in [0.1, 0.15) is 0 Å². The van der Waals surface area contributed by atoms with E-state index in [9.17, 15) is 22.0 Å². The van der Waals surface area contributed by atoms with E-state index in [-0.39, 0.29) is 30.8 Å². The first-order valence-corrected chi connectivity index (χ1v) is 5.86. The molecule has 1 fully saturated rings. The second kappa shape index (κ2) is 4.86. The fourth-order valence-electron chi connectivity index (χ4n) is 2.32. The zero-order chi connectivity index (χ0) is 14.2. The van der Waals surface area contributed by atoms with Crippen molar-refractivity contribution in [2.24, 2.45) is 5.92 Å². The number of anilines is 2. The van der Waals surface area contributed by atoms with Gasteiger partial charge in [0, 0.05) is 13.1 Å². The molecule has 2 rings (SSSR count). The van der Waals surface area contributed by atoms with Gasteiger partial charge in [-0.05, 0) is 25.0 Å². The molecule has 0 amide bonds. The molecule has 2 N–H and O–H groups in total. The minimum absolute atomic E-state index is 0.00314. The van der Waals surface area contributed by atoms with Crippen LogP contribution in [0, 0.1) is 17.6 Å². The summed E-state index contributed by atoms with van der Waals surface area (Å²) in [4.78, 5) is 1.18. The monoisotopic (exact) mass is 280 g/mol. The first-order chi connectivity index (χ1) is 8.80. The lowest BCUT2D eigenvalue weighted by Gasteiger charge is -2.35. The van der Waals surface area contributed by atoms with E-state index < -0.39 is 30.3 Å². The lowest BCUT2D eigenvalue weighted by atomic mass is 9.96. The van der Waals surface area contributed by atoms with Crippen LogP contribution >= 0.6 is 0 Å². The molecule has 1 unspecified atom stereocenters. The molecular formula is C12H13F5N2. The molecule has 106 valence electrons. The van der Waals surface area contributed by atoms with Gasteiger partial charge in [-0.15, -0.1) is 0 Å². The highest BCUT2D eigenvalue weighted by Crippen LogP contribution is 2.37. The van der Waals surface area contributed by atoms with Crippen LogP contribution in [0.3, 0.4) is 0 Å². The van der Waals surface area contributed by atoms with Gasteiger partial charge in [0.15, 0.2) is 11.6 Å². The zero-order valence-corrected chi connectivity index (χ0v) is 9.97. The van der Waals surface area contributed by atoms with E-state index in [1.165, 1.54) is 4.90 Å². The number of halogens is 5. The van der Waals surface area contributed by atoms with Crippen LogP contribution in [-0.2, 0) is 0 Å². The van der Waals surface area contributed by atoms with Gasteiger partial charge in [-0.1, -0.05) is 0 Å². The summed E-state index contributed by atoms with van der Waals surface area (Å²) in [7, 11) is 0. The number of alkyl halides is 3. The van der Waals surface area contributed by atoms with Crippen molar-refractivity contribution in [2.75, 3.05) is 23.7 Å². The van der Waals surface area contributed by atoms with Gasteiger partial charge in [0.05, 0.1) is 17.3 Å². The maximum absolute atomic E-state index is 13.7. The summed E-state index contributed by atoms with van der Waals surface area (Å²) in [5.74, 6) is -3.84. The normalized spacial score (nSPS) is 20.7. The van der Waals surface area contributed by atoms with Crippen LogP contribution in [0.15, 0.2) is 12.1 Å². The molecule has 0 bridgehead atoms. The highest BCUT2D eigenvalue weighted by molar-refractivity contribution is 5.68. The van der Waals surface area contributed by atoms with Crippen molar-refractivity contribution in [2.45, 2.75) is 19.0 Å². The molecule has 0 spiro atoms. The number of nitrogen functional groups attached to an aromatic ring is 1. The molecule has 1 aliphatic rings. The standard InChI is InChI=1S/C12H13F5N2/c13-8-3-4-9(18)11(10(8)14)19-5-1-2-7(6-19)12(15,16)17/h3-4,7H,1-2,5-6,18H2. The molecule has 1 atom stereocenters. The van der Waals surface area contributed by atoms with Gasteiger partial charge in [0.25, 0.3) is 0 Å². The van der Waals surface area contributed by atoms with E-state index in [0.29, 0.717) is 0 Å². The number of nitrogens with zero attached hydrogens (tertiary/aromatic N) is 1. The number of benzene rings is 1. The van der Waals surface area contributed by atoms with Gasteiger partial charge in [-0.3, -0.25) is 0 Å². The van der Waals surface area contributed by atoms with E-state index in [1.54, 1.807) is 0 Å². The van der Waals surface area contributed by atoms with Crippen LogP contribution in [0.4, 0.5) is 33.3 Å². The Hall–Kier alpha value is -1.53. The van der Waals surface area contributed by atoms with Gasteiger partial charge >= 0.3 is 6.18 Å². The van der Waals surface area contributed by atoms with Crippen molar-refractivity contribution < 1.29 is 22.0 Å². The molecule has 0 aliphatic carbocycles. The summed E-state index contributed by atoms with van der Waals surface area (Å²) in [6, 6.07) is 2.02. The Kier molecular flexibility index (Phi) is 3.56. The van der Waals surface area contributed by atoms with Crippen molar-refractivity contribution in [1.82, 2.24) is 0 Å². The van der Waals surface area contributed by atoms with Crippen molar-refractivity contribution in [3.63, 3.8) is 0 Å². The maximum atomic E-state index is 13.7. The zero-order valence-electron chi connectivity index (χ0n) is 9.97. The first kappa shape index (κ1) is 13.9. The van der Waals surface area contributed by atoms with E-state index in [4.69, 9.17) is 5.73 Å². The van der Waals surface area contributed by atoms with E-state index >= 15 is 0 Å². The molecule has 1 saturated heterocycles. The molecule has 1 heterocycles. The van der Waals surface area contributed by atoms with Gasteiger partial charge in [-0.25, -0.2) is 8.78 Å². The second-order valence-corrected chi connectivity index (χ2v) is 4.63. The minimum atomic E-state index is -4.34. The predicted octanol–water partition coefficient (Wildman–Crippen LogP) is 3.33. The highest BCUT2D eigenvalue weighted by atomic mass is 19.4. The summed E-state index contributed by atoms with van der Waals surface area (Å²) in [5.41, 5.74) is 5.22. The van der Waals surface area contributed by atoms with Crippen LogP contribution in [0.25, 0.3) is 0 Å². The Bertz CT molecular complexity index is 472. The summed E-state index contributed by atoms with van der Waals surface area (Å²) < 4.78 is 64.9. The Labute approximate surface area is 107 Å². The average molecular weight is 280 g/mol. The van der Waals surface area contributed by atoms with Gasteiger partial charge < -0.3 is 10.6 Å². The fraction of sp³-hybridized carbons (Fsp3) is 0.500. The van der Waals surface area contributed by atoms with Crippen molar-refractivity contribution in [3.8, 4) is 0 Å². The summed E-state index contributed by atoms with van der Waals surface area (Å²) in [6.45, 7) is -0.161. The number of rotatable bonds is 1. The Morgan fingerprint density at radius 3 is 2.53 bits per heavy atom. The van der Waals surface area contributed by atoms with Crippen LogP contribution in [0.1, 0.15) is 12.8 Å². The van der Waals surface area contributed by atoms with Crippen molar-refractivity contribution >= 4 is 11.4 Å². The van der Waals surface area contributed by atoms with Crippen molar-refractivity contribution in [3.05, 3.63) is 23.8 Å².